The second-order valence-electron chi connectivity index (χ2n) is 4.14. The summed E-state index contributed by atoms with van der Waals surface area (Å²) in [5.74, 6) is 0.541. The van der Waals surface area contributed by atoms with E-state index < -0.39 is 0 Å². The van der Waals surface area contributed by atoms with Crippen LogP contribution in [0.4, 0.5) is 0 Å². The highest BCUT2D eigenvalue weighted by Gasteiger charge is 2.13. The number of carbonyl (C=O) groups excluding carboxylic acids is 1. The Bertz CT molecular complexity index is 289. The molecule has 0 saturated heterocycles. The first-order valence-corrected chi connectivity index (χ1v) is 5.78. The van der Waals surface area contributed by atoms with Crippen LogP contribution in [-0.4, -0.2) is 5.78 Å². The van der Waals surface area contributed by atoms with Gasteiger partial charge in [-0.05, 0) is 25.3 Å². The van der Waals surface area contributed by atoms with Crippen molar-refractivity contribution in [1.82, 2.24) is 0 Å². The fourth-order valence-electron chi connectivity index (χ4n) is 1.80. The third kappa shape index (κ3) is 4.28. The standard InChI is InChI=1S/C14H20O/c1-3-4-10-14(12(2)15)11-13-8-6-5-7-9-13/h5-9,14H,3-4,10-11H2,1-2H3. The monoisotopic (exact) mass is 204 g/mol. The number of hydrogen-bond acceptors (Lipinski definition) is 1. The van der Waals surface area contributed by atoms with Gasteiger partial charge in [-0.1, -0.05) is 50.1 Å². The van der Waals surface area contributed by atoms with E-state index in [9.17, 15) is 4.79 Å². The summed E-state index contributed by atoms with van der Waals surface area (Å²) in [6.07, 6.45) is 4.24. The van der Waals surface area contributed by atoms with E-state index in [0.29, 0.717) is 5.78 Å². The lowest BCUT2D eigenvalue weighted by atomic mass is 9.91. The lowest BCUT2D eigenvalue weighted by Gasteiger charge is -2.12. The van der Waals surface area contributed by atoms with Crippen LogP contribution >= 0.6 is 0 Å². The van der Waals surface area contributed by atoms with Gasteiger partial charge in [0, 0.05) is 5.92 Å². The van der Waals surface area contributed by atoms with Crippen LogP contribution < -0.4 is 0 Å². The topological polar surface area (TPSA) is 17.1 Å². The van der Waals surface area contributed by atoms with Crippen LogP contribution in [0.25, 0.3) is 0 Å². The number of rotatable bonds is 6. The van der Waals surface area contributed by atoms with Gasteiger partial charge in [0.15, 0.2) is 0 Å². The molecule has 15 heavy (non-hydrogen) atoms. The number of ketones is 1. The Labute approximate surface area is 92.5 Å². The van der Waals surface area contributed by atoms with Gasteiger partial charge in [0.25, 0.3) is 0 Å². The molecule has 1 rings (SSSR count). The molecule has 1 heteroatoms. The number of carbonyl (C=O) groups is 1. The molecule has 0 bridgehead atoms. The molecule has 0 heterocycles. The zero-order valence-corrected chi connectivity index (χ0v) is 9.70. The van der Waals surface area contributed by atoms with Crippen molar-refractivity contribution in [1.29, 1.82) is 0 Å². The molecule has 0 aliphatic rings. The summed E-state index contributed by atoms with van der Waals surface area (Å²) in [4.78, 5) is 11.5. The maximum Gasteiger partial charge on any atom is 0.133 e. The fourth-order valence-corrected chi connectivity index (χ4v) is 1.80. The lowest BCUT2D eigenvalue weighted by Crippen LogP contribution is -2.13. The van der Waals surface area contributed by atoms with Gasteiger partial charge >= 0.3 is 0 Å². The van der Waals surface area contributed by atoms with Crippen LogP contribution in [0.15, 0.2) is 30.3 Å². The first-order chi connectivity index (χ1) is 7.24. The van der Waals surface area contributed by atoms with Crippen molar-refractivity contribution in [2.75, 3.05) is 0 Å². The minimum atomic E-state index is 0.215. The van der Waals surface area contributed by atoms with Crippen LogP contribution in [-0.2, 0) is 11.2 Å². The highest BCUT2D eigenvalue weighted by atomic mass is 16.1. The van der Waals surface area contributed by atoms with E-state index in [1.165, 1.54) is 12.0 Å². The van der Waals surface area contributed by atoms with Crippen molar-refractivity contribution in [2.24, 2.45) is 5.92 Å². The molecule has 82 valence electrons. The molecule has 0 fully saturated rings. The van der Waals surface area contributed by atoms with Crippen molar-refractivity contribution < 1.29 is 4.79 Å². The van der Waals surface area contributed by atoms with E-state index >= 15 is 0 Å². The quantitative estimate of drug-likeness (QED) is 0.691. The minimum absolute atomic E-state index is 0.215. The Balaban J connectivity index is 2.55. The molecular weight excluding hydrogens is 184 g/mol. The van der Waals surface area contributed by atoms with E-state index in [2.05, 4.69) is 19.1 Å². The predicted octanol–water partition coefficient (Wildman–Crippen LogP) is 3.62. The average molecular weight is 204 g/mol. The molecule has 0 spiro atoms. The summed E-state index contributed by atoms with van der Waals surface area (Å²) >= 11 is 0. The summed E-state index contributed by atoms with van der Waals surface area (Å²) in [5.41, 5.74) is 1.27. The highest BCUT2D eigenvalue weighted by molar-refractivity contribution is 5.78. The SMILES string of the molecule is CCCCC(Cc1ccccc1)C(C)=O. The van der Waals surface area contributed by atoms with E-state index in [-0.39, 0.29) is 5.92 Å². The minimum Gasteiger partial charge on any atom is -0.300 e. The zero-order valence-electron chi connectivity index (χ0n) is 9.70. The normalized spacial score (nSPS) is 12.4. The first kappa shape index (κ1) is 12.0. The van der Waals surface area contributed by atoms with Gasteiger partial charge in [-0.15, -0.1) is 0 Å². The Morgan fingerprint density at radius 2 is 1.93 bits per heavy atom. The van der Waals surface area contributed by atoms with E-state index in [4.69, 9.17) is 0 Å². The van der Waals surface area contributed by atoms with Gasteiger partial charge in [0.1, 0.15) is 5.78 Å². The van der Waals surface area contributed by atoms with Gasteiger partial charge < -0.3 is 0 Å². The first-order valence-electron chi connectivity index (χ1n) is 5.78. The molecule has 1 nitrogen and oxygen atoms in total. The molecule has 0 amide bonds. The summed E-state index contributed by atoms with van der Waals surface area (Å²) in [7, 11) is 0. The molecule has 0 radical (unpaired) electrons. The molecule has 1 aromatic carbocycles. The molecule has 0 aliphatic carbocycles. The Hall–Kier alpha value is -1.11. The maximum atomic E-state index is 11.5. The fraction of sp³-hybridized carbons (Fsp3) is 0.500. The van der Waals surface area contributed by atoms with Crippen molar-refractivity contribution >= 4 is 5.78 Å². The summed E-state index contributed by atoms with van der Waals surface area (Å²) in [5, 5.41) is 0. The molecule has 1 atom stereocenters. The highest BCUT2D eigenvalue weighted by Crippen LogP contribution is 2.16. The van der Waals surface area contributed by atoms with Crippen LogP contribution in [0.2, 0.25) is 0 Å². The van der Waals surface area contributed by atoms with Gasteiger partial charge in [-0.25, -0.2) is 0 Å². The van der Waals surface area contributed by atoms with Gasteiger partial charge in [-0.3, -0.25) is 4.79 Å². The number of unbranched alkanes of at least 4 members (excludes halogenated alkanes) is 1. The molecule has 0 aliphatic heterocycles. The second-order valence-corrected chi connectivity index (χ2v) is 4.14. The lowest BCUT2D eigenvalue weighted by molar-refractivity contribution is -0.120. The largest absolute Gasteiger partial charge is 0.300 e. The number of Topliss-reactive ketones (excluding diaryl/α,β-unsaturated/α-hetero) is 1. The summed E-state index contributed by atoms with van der Waals surface area (Å²) in [6.45, 7) is 3.88. The molecule has 0 saturated carbocycles. The third-order valence-corrected chi connectivity index (χ3v) is 2.81. The molecule has 1 unspecified atom stereocenters. The van der Waals surface area contributed by atoms with E-state index in [1.807, 2.05) is 18.2 Å². The van der Waals surface area contributed by atoms with Gasteiger partial charge in [0.2, 0.25) is 0 Å². The van der Waals surface area contributed by atoms with Gasteiger partial charge in [0.05, 0.1) is 0 Å². The smallest absolute Gasteiger partial charge is 0.133 e. The zero-order chi connectivity index (χ0) is 11.1. The predicted molar refractivity (Wildman–Crippen MR) is 63.8 cm³/mol. The van der Waals surface area contributed by atoms with Crippen LogP contribution in [0, 0.1) is 5.92 Å². The van der Waals surface area contributed by atoms with Crippen molar-refractivity contribution in [3.63, 3.8) is 0 Å². The molecule has 0 aromatic heterocycles. The summed E-state index contributed by atoms with van der Waals surface area (Å²) in [6, 6.07) is 10.3. The van der Waals surface area contributed by atoms with E-state index in [0.717, 1.165) is 19.3 Å². The van der Waals surface area contributed by atoms with Gasteiger partial charge in [-0.2, -0.15) is 0 Å². The molecule has 1 aromatic rings. The second kappa shape index (κ2) is 6.39. The van der Waals surface area contributed by atoms with Crippen LogP contribution in [0.5, 0.6) is 0 Å². The van der Waals surface area contributed by atoms with E-state index in [1.54, 1.807) is 6.92 Å². The molecule has 0 N–H and O–H groups in total. The van der Waals surface area contributed by atoms with Crippen molar-refractivity contribution in [3.05, 3.63) is 35.9 Å². The average Bonchev–Trinajstić information content (AvgIpc) is 2.25. The van der Waals surface area contributed by atoms with Crippen molar-refractivity contribution in [3.8, 4) is 0 Å². The maximum absolute atomic E-state index is 11.5. The Kier molecular flexibility index (Phi) is 5.09. The third-order valence-electron chi connectivity index (χ3n) is 2.81. The Morgan fingerprint density at radius 3 is 2.47 bits per heavy atom. The molecular formula is C14H20O. The number of hydrogen-bond donors (Lipinski definition) is 0. The van der Waals surface area contributed by atoms with Crippen molar-refractivity contribution in [2.45, 2.75) is 39.5 Å². The van der Waals surface area contributed by atoms with Crippen LogP contribution in [0.1, 0.15) is 38.7 Å². The van der Waals surface area contributed by atoms with Crippen LogP contribution in [0.3, 0.4) is 0 Å². The number of benzene rings is 1. The summed E-state index contributed by atoms with van der Waals surface area (Å²) < 4.78 is 0. The Morgan fingerprint density at radius 1 is 1.27 bits per heavy atom.